The van der Waals surface area contributed by atoms with Crippen LogP contribution in [0.15, 0.2) is 86.7 Å². The summed E-state index contributed by atoms with van der Waals surface area (Å²) in [5, 5.41) is 0. The summed E-state index contributed by atoms with van der Waals surface area (Å²) in [6, 6.07) is 13.5. The lowest BCUT2D eigenvalue weighted by molar-refractivity contribution is -0.138. The standard InChI is InChI=1S/C26H21BrN2O5S/c1-4-12-33-25(32)22-15(2)28-26-29(23(22)18-8-10-20(11-9-18)34-16(3)30)24(31)21(35-26)14-17-6-5-7-19(27)13-17/h4-11,13-14,23H,1,12H2,2-3H3/b21-14-/t23-/m0/s1. The number of carbonyl (C=O) groups is 2. The number of halogens is 1. The van der Waals surface area contributed by atoms with Gasteiger partial charge in [-0.1, -0.05) is 64.2 Å². The predicted molar refractivity (Wildman–Crippen MR) is 137 cm³/mol. The second-order valence-electron chi connectivity index (χ2n) is 7.69. The number of nitrogens with zero attached hydrogens (tertiary/aromatic N) is 2. The number of allylic oxidation sites excluding steroid dienone is 1. The van der Waals surface area contributed by atoms with E-state index in [0.717, 1.165) is 10.0 Å². The largest absolute Gasteiger partial charge is 0.458 e. The van der Waals surface area contributed by atoms with Gasteiger partial charge in [0, 0.05) is 11.4 Å². The summed E-state index contributed by atoms with van der Waals surface area (Å²) in [7, 11) is 0. The Labute approximate surface area is 213 Å². The van der Waals surface area contributed by atoms with Crippen molar-refractivity contribution in [2.75, 3.05) is 6.61 Å². The molecule has 3 aromatic rings. The van der Waals surface area contributed by atoms with Gasteiger partial charge in [0.1, 0.15) is 12.4 Å². The molecule has 0 saturated heterocycles. The van der Waals surface area contributed by atoms with Crippen LogP contribution >= 0.6 is 27.3 Å². The van der Waals surface area contributed by atoms with E-state index in [0.29, 0.717) is 26.3 Å². The minimum atomic E-state index is -0.764. The third-order valence-electron chi connectivity index (χ3n) is 5.18. The van der Waals surface area contributed by atoms with Crippen molar-refractivity contribution in [3.8, 4) is 5.75 Å². The van der Waals surface area contributed by atoms with Gasteiger partial charge in [0.15, 0.2) is 4.80 Å². The van der Waals surface area contributed by atoms with Gasteiger partial charge in [-0.2, -0.15) is 0 Å². The van der Waals surface area contributed by atoms with Gasteiger partial charge in [-0.15, -0.1) is 0 Å². The first kappa shape index (κ1) is 24.6. The molecule has 0 saturated carbocycles. The number of hydrogen-bond acceptors (Lipinski definition) is 7. The zero-order chi connectivity index (χ0) is 25.1. The number of fused-ring (bicyclic) bond motifs is 1. The minimum Gasteiger partial charge on any atom is -0.458 e. The van der Waals surface area contributed by atoms with E-state index in [1.54, 1.807) is 37.3 Å². The van der Waals surface area contributed by atoms with Crippen molar-refractivity contribution in [3.05, 3.63) is 108 Å². The van der Waals surface area contributed by atoms with Gasteiger partial charge in [-0.3, -0.25) is 14.2 Å². The lowest BCUT2D eigenvalue weighted by atomic mass is 9.96. The molecule has 0 aliphatic carbocycles. The van der Waals surface area contributed by atoms with Crippen LogP contribution in [-0.4, -0.2) is 23.1 Å². The van der Waals surface area contributed by atoms with Crippen molar-refractivity contribution in [1.29, 1.82) is 0 Å². The Morgan fingerprint density at radius 3 is 2.63 bits per heavy atom. The van der Waals surface area contributed by atoms with Crippen LogP contribution in [0.1, 0.15) is 31.0 Å². The summed E-state index contributed by atoms with van der Waals surface area (Å²) in [6.07, 6.45) is 3.27. The molecule has 9 heteroatoms. The topological polar surface area (TPSA) is 87.0 Å². The molecular weight excluding hydrogens is 532 g/mol. The molecule has 2 aromatic carbocycles. The van der Waals surface area contributed by atoms with Gasteiger partial charge >= 0.3 is 11.9 Å². The summed E-state index contributed by atoms with van der Waals surface area (Å²) < 4.78 is 13.3. The zero-order valence-electron chi connectivity index (χ0n) is 19.0. The quantitative estimate of drug-likeness (QED) is 0.264. The van der Waals surface area contributed by atoms with E-state index < -0.39 is 18.0 Å². The van der Waals surface area contributed by atoms with Crippen LogP contribution in [-0.2, 0) is 14.3 Å². The van der Waals surface area contributed by atoms with Crippen molar-refractivity contribution < 1.29 is 19.1 Å². The van der Waals surface area contributed by atoms with Gasteiger partial charge in [0.25, 0.3) is 5.56 Å². The molecule has 0 fully saturated rings. The van der Waals surface area contributed by atoms with Crippen LogP contribution in [0.3, 0.4) is 0 Å². The molecule has 4 rings (SSSR count). The fraction of sp³-hybridized carbons (Fsp3) is 0.154. The average molecular weight is 553 g/mol. The number of esters is 2. The van der Waals surface area contributed by atoms with Gasteiger partial charge < -0.3 is 9.47 Å². The predicted octanol–water partition coefficient (Wildman–Crippen LogP) is 3.65. The van der Waals surface area contributed by atoms with Crippen LogP contribution in [0.25, 0.3) is 6.08 Å². The second kappa shape index (κ2) is 10.4. The fourth-order valence-corrected chi connectivity index (χ4v) is 5.21. The molecule has 1 aromatic heterocycles. The van der Waals surface area contributed by atoms with Gasteiger partial charge in [-0.25, -0.2) is 9.79 Å². The smallest absolute Gasteiger partial charge is 0.338 e. The number of ether oxygens (including phenoxy) is 2. The molecule has 0 radical (unpaired) electrons. The minimum absolute atomic E-state index is 0.0288. The zero-order valence-corrected chi connectivity index (χ0v) is 21.4. The lowest BCUT2D eigenvalue weighted by Gasteiger charge is -2.24. The molecule has 0 bridgehead atoms. The second-order valence-corrected chi connectivity index (χ2v) is 9.61. The average Bonchev–Trinajstić information content (AvgIpc) is 3.11. The number of aromatic nitrogens is 1. The summed E-state index contributed by atoms with van der Waals surface area (Å²) in [6.45, 7) is 6.65. The Bertz CT molecular complexity index is 1530. The van der Waals surface area contributed by atoms with Crippen LogP contribution in [0, 0.1) is 0 Å². The third kappa shape index (κ3) is 5.26. The molecule has 1 atom stereocenters. The molecule has 0 unspecified atom stereocenters. The first-order valence-electron chi connectivity index (χ1n) is 10.6. The Kier molecular flexibility index (Phi) is 7.28. The number of benzene rings is 2. The monoisotopic (exact) mass is 552 g/mol. The Hall–Kier alpha value is -3.56. The Morgan fingerprint density at radius 1 is 1.23 bits per heavy atom. The Balaban J connectivity index is 1.90. The van der Waals surface area contributed by atoms with E-state index in [9.17, 15) is 14.4 Å². The molecule has 2 heterocycles. The van der Waals surface area contributed by atoms with Crippen molar-refractivity contribution in [3.63, 3.8) is 0 Å². The molecule has 35 heavy (non-hydrogen) atoms. The van der Waals surface area contributed by atoms with Crippen molar-refractivity contribution in [1.82, 2.24) is 4.57 Å². The van der Waals surface area contributed by atoms with Crippen molar-refractivity contribution in [2.24, 2.45) is 4.99 Å². The Morgan fingerprint density at radius 2 is 1.97 bits per heavy atom. The van der Waals surface area contributed by atoms with Crippen LogP contribution in [0.2, 0.25) is 0 Å². The first-order chi connectivity index (χ1) is 16.8. The van der Waals surface area contributed by atoms with Crippen LogP contribution in [0.5, 0.6) is 5.75 Å². The van der Waals surface area contributed by atoms with Crippen molar-refractivity contribution >= 4 is 45.3 Å². The molecule has 7 nitrogen and oxygen atoms in total. The number of thiazole rings is 1. The van der Waals surface area contributed by atoms with Gasteiger partial charge in [0.2, 0.25) is 0 Å². The third-order valence-corrected chi connectivity index (χ3v) is 6.65. The molecular formula is C26H21BrN2O5S. The van der Waals surface area contributed by atoms with Crippen LogP contribution < -0.4 is 19.6 Å². The maximum atomic E-state index is 13.6. The maximum absolute atomic E-state index is 13.6. The lowest BCUT2D eigenvalue weighted by Crippen LogP contribution is -2.39. The fourth-order valence-electron chi connectivity index (χ4n) is 3.74. The highest BCUT2D eigenvalue weighted by atomic mass is 79.9. The molecule has 0 spiro atoms. The SMILES string of the molecule is C=CCOC(=O)C1=C(C)N=c2s/c(=C\c3cccc(Br)c3)c(=O)n2[C@H]1c1ccc(OC(C)=O)cc1. The summed E-state index contributed by atoms with van der Waals surface area (Å²) in [5.41, 5.74) is 1.95. The highest BCUT2D eigenvalue weighted by Gasteiger charge is 2.33. The highest BCUT2D eigenvalue weighted by Crippen LogP contribution is 2.31. The van der Waals surface area contributed by atoms with E-state index in [-0.39, 0.29) is 17.7 Å². The van der Waals surface area contributed by atoms with Gasteiger partial charge in [0.05, 0.1) is 21.8 Å². The summed E-state index contributed by atoms with van der Waals surface area (Å²) >= 11 is 4.70. The first-order valence-corrected chi connectivity index (χ1v) is 12.2. The number of rotatable bonds is 6. The normalized spacial score (nSPS) is 15.3. The van der Waals surface area contributed by atoms with Crippen LogP contribution in [0.4, 0.5) is 0 Å². The maximum Gasteiger partial charge on any atom is 0.338 e. The molecule has 0 amide bonds. The number of carbonyl (C=O) groups excluding carboxylic acids is 2. The van der Waals surface area contributed by atoms with E-state index in [1.807, 2.05) is 24.3 Å². The molecule has 0 N–H and O–H groups in total. The van der Waals surface area contributed by atoms with E-state index in [1.165, 1.54) is 28.9 Å². The molecule has 178 valence electrons. The van der Waals surface area contributed by atoms with Crippen molar-refractivity contribution in [2.45, 2.75) is 19.9 Å². The van der Waals surface area contributed by atoms with E-state index >= 15 is 0 Å². The van der Waals surface area contributed by atoms with E-state index in [4.69, 9.17) is 9.47 Å². The summed E-state index contributed by atoms with van der Waals surface area (Å²) in [4.78, 5) is 43.0. The molecule has 1 aliphatic rings. The van der Waals surface area contributed by atoms with E-state index in [2.05, 4.69) is 27.5 Å². The highest BCUT2D eigenvalue weighted by molar-refractivity contribution is 9.10. The van der Waals surface area contributed by atoms with Gasteiger partial charge in [-0.05, 0) is 48.4 Å². The number of hydrogen-bond donors (Lipinski definition) is 0. The summed E-state index contributed by atoms with van der Waals surface area (Å²) in [5.74, 6) is -0.663. The molecule has 1 aliphatic heterocycles.